The van der Waals surface area contributed by atoms with E-state index in [1.54, 1.807) is 18.4 Å². The summed E-state index contributed by atoms with van der Waals surface area (Å²) < 4.78 is 26.8. The summed E-state index contributed by atoms with van der Waals surface area (Å²) in [5, 5.41) is 3.24. The molecule has 0 unspecified atom stereocenters. The number of hydrogen-bond acceptors (Lipinski definition) is 4. The van der Waals surface area contributed by atoms with Crippen molar-refractivity contribution < 1.29 is 8.42 Å². The van der Waals surface area contributed by atoms with Crippen molar-refractivity contribution in [2.24, 2.45) is 5.92 Å². The van der Waals surface area contributed by atoms with Gasteiger partial charge in [-0.2, -0.15) is 0 Å². The van der Waals surface area contributed by atoms with Crippen LogP contribution in [-0.2, 0) is 16.6 Å². The molecule has 0 saturated heterocycles. The molecule has 1 fully saturated rings. The first-order chi connectivity index (χ1) is 9.45. The predicted octanol–water partition coefficient (Wildman–Crippen LogP) is 2.59. The van der Waals surface area contributed by atoms with E-state index in [1.165, 1.54) is 10.7 Å². The van der Waals surface area contributed by atoms with Crippen LogP contribution in [0.4, 0.5) is 0 Å². The SMILES string of the molecule is CCNCc1cc(S(=O)(=O)N(C)CC2CCC2)c(C)s1. The fourth-order valence-corrected chi connectivity index (χ4v) is 5.24. The van der Waals surface area contributed by atoms with E-state index in [2.05, 4.69) is 5.32 Å². The van der Waals surface area contributed by atoms with Crippen molar-refractivity contribution in [2.75, 3.05) is 20.1 Å². The molecule has 1 saturated carbocycles. The van der Waals surface area contributed by atoms with Crippen LogP contribution in [0, 0.1) is 12.8 Å². The lowest BCUT2D eigenvalue weighted by atomic mass is 9.86. The Kier molecular flexibility index (Phi) is 5.23. The maximum atomic E-state index is 12.6. The number of nitrogens with one attached hydrogen (secondary N) is 1. The monoisotopic (exact) mass is 316 g/mol. The van der Waals surface area contributed by atoms with E-state index < -0.39 is 10.0 Å². The Morgan fingerprint density at radius 1 is 1.45 bits per heavy atom. The van der Waals surface area contributed by atoms with Crippen LogP contribution in [0.15, 0.2) is 11.0 Å². The van der Waals surface area contributed by atoms with E-state index >= 15 is 0 Å². The highest BCUT2D eigenvalue weighted by Gasteiger charge is 2.28. The number of thiophene rings is 1. The Morgan fingerprint density at radius 3 is 2.70 bits per heavy atom. The summed E-state index contributed by atoms with van der Waals surface area (Å²) in [5.41, 5.74) is 0. The third kappa shape index (κ3) is 3.42. The molecule has 2 rings (SSSR count). The first-order valence-electron chi connectivity index (χ1n) is 7.21. The quantitative estimate of drug-likeness (QED) is 0.841. The van der Waals surface area contributed by atoms with Crippen LogP contribution in [-0.4, -0.2) is 32.9 Å². The lowest BCUT2D eigenvalue weighted by Crippen LogP contribution is -2.34. The molecule has 0 spiro atoms. The minimum atomic E-state index is -3.33. The van der Waals surface area contributed by atoms with E-state index in [4.69, 9.17) is 0 Å². The first-order valence-corrected chi connectivity index (χ1v) is 9.47. The Labute approximate surface area is 126 Å². The molecule has 1 N–H and O–H groups in total. The molecule has 1 heterocycles. The number of rotatable bonds is 7. The van der Waals surface area contributed by atoms with E-state index in [0.29, 0.717) is 17.4 Å². The third-order valence-corrected chi connectivity index (χ3v) is 7.03. The van der Waals surface area contributed by atoms with E-state index in [9.17, 15) is 8.42 Å². The van der Waals surface area contributed by atoms with Crippen molar-refractivity contribution in [3.63, 3.8) is 0 Å². The molecule has 0 aromatic carbocycles. The van der Waals surface area contributed by atoms with Crippen molar-refractivity contribution in [1.29, 1.82) is 0 Å². The molecule has 6 heteroatoms. The van der Waals surface area contributed by atoms with Gasteiger partial charge in [0.2, 0.25) is 10.0 Å². The number of aryl methyl sites for hydroxylation is 1. The second-order valence-corrected chi connectivity index (χ2v) is 8.85. The lowest BCUT2D eigenvalue weighted by molar-refractivity contribution is 0.263. The van der Waals surface area contributed by atoms with Crippen LogP contribution < -0.4 is 5.32 Å². The van der Waals surface area contributed by atoms with Crippen LogP contribution in [0.5, 0.6) is 0 Å². The van der Waals surface area contributed by atoms with Gasteiger partial charge in [0.1, 0.15) is 0 Å². The molecule has 1 aromatic rings. The van der Waals surface area contributed by atoms with Gasteiger partial charge in [-0.05, 0) is 38.3 Å². The van der Waals surface area contributed by atoms with Crippen molar-refractivity contribution in [3.8, 4) is 0 Å². The molecular formula is C14H24N2O2S2. The van der Waals surface area contributed by atoms with Gasteiger partial charge in [0, 0.05) is 29.9 Å². The van der Waals surface area contributed by atoms with Crippen LogP contribution in [0.3, 0.4) is 0 Å². The predicted molar refractivity (Wildman–Crippen MR) is 83.6 cm³/mol. The topological polar surface area (TPSA) is 49.4 Å². The Hall–Kier alpha value is -0.430. The lowest BCUT2D eigenvalue weighted by Gasteiger charge is -2.29. The number of nitrogens with zero attached hydrogens (tertiary/aromatic N) is 1. The molecule has 0 atom stereocenters. The zero-order valence-corrected chi connectivity index (χ0v) is 14.1. The molecule has 1 aliphatic carbocycles. The van der Waals surface area contributed by atoms with Crippen molar-refractivity contribution in [3.05, 3.63) is 15.8 Å². The fourth-order valence-electron chi connectivity index (χ4n) is 2.42. The summed E-state index contributed by atoms with van der Waals surface area (Å²) in [6, 6.07) is 1.83. The Balaban J connectivity index is 2.13. The van der Waals surface area contributed by atoms with Crippen LogP contribution in [0.1, 0.15) is 35.9 Å². The molecule has 0 aliphatic heterocycles. The average Bonchev–Trinajstić information content (AvgIpc) is 2.72. The molecule has 0 radical (unpaired) electrons. The maximum Gasteiger partial charge on any atom is 0.243 e. The summed E-state index contributed by atoms with van der Waals surface area (Å²) in [5.74, 6) is 0.551. The zero-order valence-electron chi connectivity index (χ0n) is 12.5. The number of sulfonamides is 1. The molecule has 1 aliphatic rings. The standard InChI is InChI=1S/C14H24N2O2S2/c1-4-15-9-13-8-14(11(2)19-13)20(17,18)16(3)10-12-6-5-7-12/h8,12,15H,4-7,9-10H2,1-3H3. The Morgan fingerprint density at radius 2 is 2.15 bits per heavy atom. The third-order valence-electron chi connectivity index (χ3n) is 3.90. The van der Waals surface area contributed by atoms with Gasteiger partial charge in [-0.1, -0.05) is 13.3 Å². The van der Waals surface area contributed by atoms with Gasteiger partial charge in [0.15, 0.2) is 0 Å². The van der Waals surface area contributed by atoms with E-state index in [1.807, 2.05) is 19.9 Å². The minimum absolute atomic E-state index is 0.484. The van der Waals surface area contributed by atoms with E-state index in [-0.39, 0.29) is 0 Å². The summed E-state index contributed by atoms with van der Waals surface area (Å²) in [4.78, 5) is 2.45. The van der Waals surface area contributed by atoms with Gasteiger partial charge >= 0.3 is 0 Å². The van der Waals surface area contributed by atoms with Gasteiger partial charge < -0.3 is 5.32 Å². The molecule has 1 aromatic heterocycles. The van der Waals surface area contributed by atoms with Crippen molar-refractivity contribution in [2.45, 2.75) is 44.6 Å². The normalized spacial score (nSPS) is 16.6. The minimum Gasteiger partial charge on any atom is -0.312 e. The smallest absolute Gasteiger partial charge is 0.243 e. The summed E-state index contributed by atoms with van der Waals surface area (Å²) in [7, 11) is -1.63. The average molecular weight is 316 g/mol. The second-order valence-electron chi connectivity index (χ2n) is 5.50. The highest BCUT2D eigenvalue weighted by atomic mass is 32.2. The fraction of sp³-hybridized carbons (Fsp3) is 0.714. The molecule has 4 nitrogen and oxygen atoms in total. The summed E-state index contributed by atoms with van der Waals surface area (Å²) in [6.45, 7) is 6.22. The number of hydrogen-bond donors (Lipinski definition) is 1. The molecule has 0 amide bonds. The second kappa shape index (κ2) is 6.56. The molecule has 0 bridgehead atoms. The van der Waals surface area contributed by atoms with Crippen molar-refractivity contribution in [1.82, 2.24) is 9.62 Å². The van der Waals surface area contributed by atoms with Gasteiger partial charge in [0.05, 0.1) is 4.90 Å². The van der Waals surface area contributed by atoms with Crippen LogP contribution >= 0.6 is 11.3 Å². The highest BCUT2D eigenvalue weighted by molar-refractivity contribution is 7.89. The van der Waals surface area contributed by atoms with Crippen LogP contribution in [0.25, 0.3) is 0 Å². The molecule has 114 valence electrons. The van der Waals surface area contributed by atoms with Gasteiger partial charge in [0.25, 0.3) is 0 Å². The Bertz CT molecular complexity index is 548. The maximum absolute atomic E-state index is 12.6. The first kappa shape index (κ1) is 15.9. The summed E-state index contributed by atoms with van der Waals surface area (Å²) in [6.07, 6.45) is 3.56. The largest absolute Gasteiger partial charge is 0.312 e. The van der Waals surface area contributed by atoms with Gasteiger partial charge in [-0.25, -0.2) is 12.7 Å². The molecule has 20 heavy (non-hydrogen) atoms. The van der Waals surface area contributed by atoms with Crippen molar-refractivity contribution >= 4 is 21.4 Å². The molecular weight excluding hydrogens is 292 g/mol. The zero-order chi connectivity index (χ0) is 14.8. The van der Waals surface area contributed by atoms with Gasteiger partial charge in [-0.3, -0.25) is 0 Å². The highest BCUT2D eigenvalue weighted by Crippen LogP contribution is 2.31. The summed E-state index contributed by atoms with van der Waals surface area (Å²) >= 11 is 1.57. The van der Waals surface area contributed by atoms with E-state index in [0.717, 1.165) is 35.7 Å². The van der Waals surface area contributed by atoms with Gasteiger partial charge in [-0.15, -0.1) is 11.3 Å². The van der Waals surface area contributed by atoms with Crippen LogP contribution in [0.2, 0.25) is 0 Å².